The molecule has 1 aromatic heterocycles. The number of carbonyl (C=O) groups is 1. The van der Waals surface area contributed by atoms with Gasteiger partial charge in [-0.2, -0.15) is 0 Å². The summed E-state index contributed by atoms with van der Waals surface area (Å²) in [4.78, 5) is 19.1. The molecule has 3 rings (SSSR count). The first-order valence-corrected chi connectivity index (χ1v) is 8.72. The highest BCUT2D eigenvalue weighted by atomic mass is 32.1. The normalized spacial score (nSPS) is 22.9. The van der Waals surface area contributed by atoms with E-state index in [1.165, 1.54) is 11.3 Å². The van der Waals surface area contributed by atoms with Crippen LogP contribution in [0.2, 0.25) is 0 Å². The molecule has 2 fully saturated rings. The maximum absolute atomic E-state index is 12.5. The van der Waals surface area contributed by atoms with E-state index < -0.39 is 5.60 Å². The molecule has 8 heteroatoms. The molecular formula is C15H22N2O5S. The van der Waals surface area contributed by atoms with E-state index in [0.29, 0.717) is 75.5 Å². The predicted octanol–water partition coefficient (Wildman–Crippen LogP) is 0.630. The van der Waals surface area contributed by atoms with Crippen molar-refractivity contribution in [3.8, 4) is 0 Å². The smallest absolute Gasteiger partial charge is 0.282 e. The molecule has 1 aromatic rings. The summed E-state index contributed by atoms with van der Waals surface area (Å²) in [5, 5.41) is 11.4. The Labute approximate surface area is 139 Å². The summed E-state index contributed by atoms with van der Waals surface area (Å²) in [5.74, 6) is -0.0938. The Bertz CT molecular complexity index is 520. The van der Waals surface area contributed by atoms with E-state index in [9.17, 15) is 9.90 Å². The first kappa shape index (κ1) is 16.8. The fraction of sp³-hybridized carbons (Fsp3) is 0.733. The highest BCUT2D eigenvalue weighted by Gasteiger charge is 2.33. The van der Waals surface area contributed by atoms with Crippen molar-refractivity contribution in [1.29, 1.82) is 0 Å². The third-order valence-corrected chi connectivity index (χ3v) is 5.32. The Kier molecular flexibility index (Phi) is 5.60. The average Bonchev–Trinajstić information content (AvgIpc) is 3.10. The number of thiazole rings is 1. The summed E-state index contributed by atoms with van der Waals surface area (Å²) in [6, 6.07) is 0. The molecule has 0 unspecified atom stereocenters. The number of carbonyl (C=O) groups excluding carboxylic acids is 1. The molecule has 0 aromatic carbocycles. The van der Waals surface area contributed by atoms with E-state index in [-0.39, 0.29) is 5.91 Å². The molecule has 23 heavy (non-hydrogen) atoms. The highest BCUT2D eigenvalue weighted by molar-refractivity contribution is 7.13. The number of ether oxygens (including phenoxy) is 3. The van der Waals surface area contributed by atoms with Crippen molar-refractivity contribution < 1.29 is 24.1 Å². The molecule has 0 bridgehead atoms. The molecule has 2 aliphatic rings. The van der Waals surface area contributed by atoms with E-state index in [2.05, 4.69) is 4.98 Å². The van der Waals surface area contributed by atoms with Gasteiger partial charge < -0.3 is 24.2 Å². The molecule has 0 spiro atoms. The van der Waals surface area contributed by atoms with Crippen LogP contribution in [0, 0.1) is 0 Å². The van der Waals surface area contributed by atoms with Crippen LogP contribution in [0.15, 0.2) is 6.20 Å². The van der Waals surface area contributed by atoms with Crippen LogP contribution in [0.3, 0.4) is 0 Å². The van der Waals surface area contributed by atoms with E-state index in [0.717, 1.165) is 0 Å². The van der Waals surface area contributed by atoms with Crippen LogP contribution in [0.5, 0.6) is 0 Å². The summed E-state index contributed by atoms with van der Waals surface area (Å²) in [6.07, 6.45) is 2.56. The second-order valence-corrected chi connectivity index (χ2v) is 6.72. The summed E-state index contributed by atoms with van der Waals surface area (Å²) in [5.41, 5.74) is -1.05. The number of hydrogen-bond donors (Lipinski definition) is 1. The number of rotatable bonds is 2. The van der Waals surface area contributed by atoms with Gasteiger partial charge in [0.25, 0.3) is 5.91 Å². The van der Waals surface area contributed by atoms with Crippen LogP contribution in [0.4, 0.5) is 0 Å². The molecule has 0 radical (unpaired) electrons. The third-order valence-electron chi connectivity index (χ3n) is 4.14. The van der Waals surface area contributed by atoms with Crippen molar-refractivity contribution in [2.24, 2.45) is 0 Å². The second-order valence-electron chi connectivity index (χ2n) is 5.69. The molecule has 0 atom stereocenters. The largest absolute Gasteiger partial charge is 0.384 e. The monoisotopic (exact) mass is 342 g/mol. The van der Waals surface area contributed by atoms with Gasteiger partial charge in [0.15, 0.2) is 5.01 Å². The average molecular weight is 342 g/mol. The molecule has 0 saturated carbocycles. The zero-order valence-corrected chi connectivity index (χ0v) is 13.8. The lowest BCUT2D eigenvalue weighted by Gasteiger charge is -2.26. The zero-order valence-electron chi connectivity index (χ0n) is 13.0. The molecule has 1 amide bonds. The summed E-state index contributed by atoms with van der Waals surface area (Å²) >= 11 is 1.26. The molecule has 7 nitrogen and oxygen atoms in total. The lowest BCUT2D eigenvalue weighted by atomic mass is 9.95. The Morgan fingerprint density at radius 1 is 1.09 bits per heavy atom. The minimum atomic E-state index is -1.05. The number of hydrogen-bond acceptors (Lipinski definition) is 7. The zero-order chi connectivity index (χ0) is 16.1. The molecule has 2 aliphatic heterocycles. The van der Waals surface area contributed by atoms with Crippen LogP contribution in [-0.2, 0) is 19.8 Å². The fourth-order valence-corrected chi connectivity index (χ4v) is 3.69. The Morgan fingerprint density at radius 3 is 2.35 bits per heavy atom. The first-order chi connectivity index (χ1) is 11.2. The van der Waals surface area contributed by atoms with Gasteiger partial charge >= 0.3 is 0 Å². The minimum Gasteiger partial charge on any atom is -0.384 e. The second kappa shape index (κ2) is 7.67. The maximum atomic E-state index is 12.5. The number of aliphatic hydroxyl groups is 1. The van der Waals surface area contributed by atoms with Crippen LogP contribution in [0.25, 0.3) is 0 Å². The van der Waals surface area contributed by atoms with E-state index in [4.69, 9.17) is 14.2 Å². The highest BCUT2D eigenvalue weighted by Crippen LogP contribution is 2.34. The van der Waals surface area contributed by atoms with Crippen molar-refractivity contribution in [3.05, 3.63) is 16.1 Å². The molecular weight excluding hydrogens is 320 g/mol. The van der Waals surface area contributed by atoms with Gasteiger partial charge in [0.1, 0.15) is 5.60 Å². The Balaban J connectivity index is 1.72. The van der Waals surface area contributed by atoms with Gasteiger partial charge in [-0.15, -0.1) is 11.3 Å². The van der Waals surface area contributed by atoms with Gasteiger partial charge in [-0.05, 0) is 0 Å². The molecule has 0 aliphatic carbocycles. The maximum Gasteiger partial charge on any atom is 0.282 e. The first-order valence-electron chi connectivity index (χ1n) is 7.90. The lowest BCUT2D eigenvalue weighted by molar-refractivity contribution is -0.00726. The van der Waals surface area contributed by atoms with Crippen molar-refractivity contribution in [2.75, 3.05) is 52.7 Å². The van der Waals surface area contributed by atoms with Crippen LogP contribution >= 0.6 is 11.3 Å². The third kappa shape index (κ3) is 4.07. The number of aromatic nitrogens is 1. The van der Waals surface area contributed by atoms with Gasteiger partial charge in [0.05, 0.1) is 31.3 Å². The van der Waals surface area contributed by atoms with Crippen molar-refractivity contribution in [3.63, 3.8) is 0 Å². The van der Waals surface area contributed by atoms with Crippen LogP contribution < -0.4 is 0 Å². The SMILES string of the molecule is O=C(c1ncc(C2(O)CCOCCOCC2)s1)N1CCOCC1. The Morgan fingerprint density at radius 2 is 1.70 bits per heavy atom. The van der Waals surface area contributed by atoms with Gasteiger partial charge in [-0.25, -0.2) is 4.98 Å². The van der Waals surface area contributed by atoms with E-state index >= 15 is 0 Å². The molecule has 3 heterocycles. The van der Waals surface area contributed by atoms with Gasteiger partial charge in [-0.1, -0.05) is 0 Å². The van der Waals surface area contributed by atoms with Gasteiger partial charge in [-0.3, -0.25) is 4.79 Å². The summed E-state index contributed by atoms with van der Waals surface area (Å²) < 4.78 is 16.1. The van der Waals surface area contributed by atoms with Gasteiger partial charge in [0.2, 0.25) is 0 Å². The molecule has 128 valence electrons. The summed E-state index contributed by atoms with van der Waals surface area (Å²) in [6.45, 7) is 4.29. The van der Waals surface area contributed by atoms with E-state index in [1.807, 2.05) is 0 Å². The quantitative estimate of drug-likeness (QED) is 0.849. The molecule has 1 N–H and O–H groups in total. The van der Waals surface area contributed by atoms with Crippen LogP contribution in [-0.4, -0.2) is 73.6 Å². The van der Waals surface area contributed by atoms with Crippen molar-refractivity contribution in [2.45, 2.75) is 18.4 Å². The van der Waals surface area contributed by atoms with Gasteiger partial charge in [0, 0.05) is 45.3 Å². The van der Waals surface area contributed by atoms with Crippen molar-refractivity contribution in [1.82, 2.24) is 9.88 Å². The lowest BCUT2D eigenvalue weighted by Crippen LogP contribution is -2.40. The standard InChI is InChI=1S/C15H22N2O5S/c18-14(17-3-7-22-8-4-17)13-16-11-12(23-13)15(19)1-5-20-9-10-21-6-2-15/h11,19H,1-10H2. The summed E-state index contributed by atoms with van der Waals surface area (Å²) in [7, 11) is 0. The number of nitrogens with zero attached hydrogens (tertiary/aromatic N) is 2. The predicted molar refractivity (Wildman–Crippen MR) is 83.6 cm³/mol. The number of amides is 1. The Hall–Kier alpha value is -1.06. The van der Waals surface area contributed by atoms with Crippen LogP contribution in [0.1, 0.15) is 27.5 Å². The fourth-order valence-electron chi connectivity index (χ4n) is 2.67. The topological polar surface area (TPSA) is 81.1 Å². The van der Waals surface area contributed by atoms with Crippen molar-refractivity contribution >= 4 is 17.2 Å². The van der Waals surface area contributed by atoms with E-state index in [1.54, 1.807) is 11.1 Å². The minimum absolute atomic E-state index is 0.0938. The molecule has 2 saturated heterocycles. The number of morpholine rings is 1.